The zero-order valence-corrected chi connectivity index (χ0v) is 13.3. The Morgan fingerprint density at radius 3 is 2.86 bits per heavy atom. The van der Waals surface area contributed by atoms with Gasteiger partial charge in [0.1, 0.15) is 0 Å². The van der Waals surface area contributed by atoms with Crippen LogP contribution < -0.4 is 10.5 Å². The maximum absolute atomic E-state index is 12.3. The third-order valence-corrected chi connectivity index (χ3v) is 4.96. The van der Waals surface area contributed by atoms with E-state index >= 15 is 0 Å². The molecular weight excluding hydrogens is 290 g/mol. The number of nitrogens with zero attached hydrogens (tertiary/aromatic N) is 1. The summed E-state index contributed by atoms with van der Waals surface area (Å²) in [4.78, 5) is 2.44. The summed E-state index contributed by atoms with van der Waals surface area (Å²) in [7, 11) is -3.56. The molecule has 1 aromatic carbocycles. The van der Waals surface area contributed by atoms with Crippen LogP contribution in [-0.4, -0.2) is 52.2 Å². The number of hydrogen-bond donors (Lipinski definition) is 2. The molecule has 0 aromatic heterocycles. The molecule has 118 valence electrons. The topological polar surface area (TPSA) is 84.7 Å². The Labute approximate surface area is 126 Å². The molecule has 3 N–H and O–H groups in total. The van der Waals surface area contributed by atoms with E-state index in [1.165, 1.54) is 6.07 Å². The first-order chi connectivity index (χ1) is 9.90. The quantitative estimate of drug-likeness (QED) is 0.777. The zero-order valence-electron chi connectivity index (χ0n) is 12.5. The Morgan fingerprint density at radius 1 is 1.43 bits per heavy atom. The molecule has 0 aliphatic carbocycles. The zero-order chi connectivity index (χ0) is 15.5. The highest BCUT2D eigenvalue weighted by molar-refractivity contribution is 7.89. The predicted molar refractivity (Wildman–Crippen MR) is 82.6 cm³/mol. The van der Waals surface area contributed by atoms with Crippen LogP contribution >= 0.6 is 0 Å². The first-order valence-electron chi connectivity index (χ1n) is 7.11. The van der Waals surface area contributed by atoms with E-state index in [0.717, 1.165) is 25.2 Å². The van der Waals surface area contributed by atoms with Crippen molar-refractivity contribution in [3.8, 4) is 0 Å². The van der Waals surface area contributed by atoms with Crippen LogP contribution in [-0.2, 0) is 14.8 Å². The number of aryl methyl sites for hydroxylation is 1. The second-order valence-electron chi connectivity index (χ2n) is 5.32. The fourth-order valence-corrected chi connectivity index (χ4v) is 3.61. The smallest absolute Gasteiger partial charge is 0.240 e. The second kappa shape index (κ2) is 6.74. The van der Waals surface area contributed by atoms with E-state index in [2.05, 4.69) is 16.5 Å². The van der Waals surface area contributed by atoms with E-state index in [9.17, 15) is 8.42 Å². The lowest BCUT2D eigenvalue weighted by molar-refractivity contribution is -0.0229. The average Bonchev–Trinajstić information content (AvgIpc) is 2.44. The van der Waals surface area contributed by atoms with Crippen LogP contribution in [0.5, 0.6) is 0 Å². The van der Waals surface area contributed by atoms with Crippen LogP contribution in [0.15, 0.2) is 23.1 Å². The minimum atomic E-state index is -3.56. The van der Waals surface area contributed by atoms with Crippen molar-refractivity contribution in [3.63, 3.8) is 0 Å². The number of rotatable bonds is 5. The third-order valence-electron chi connectivity index (χ3n) is 3.55. The summed E-state index contributed by atoms with van der Waals surface area (Å²) in [5.41, 5.74) is 6.97. The number of nitrogens with two attached hydrogens (primary N) is 1. The lowest BCUT2D eigenvalue weighted by Gasteiger charge is -2.32. The lowest BCUT2D eigenvalue weighted by atomic mass is 10.2. The van der Waals surface area contributed by atoms with E-state index in [1.54, 1.807) is 12.1 Å². The van der Waals surface area contributed by atoms with Gasteiger partial charge in [-0.25, -0.2) is 13.1 Å². The van der Waals surface area contributed by atoms with Crippen LogP contribution in [0.4, 0.5) is 5.69 Å². The van der Waals surface area contributed by atoms with Gasteiger partial charge in [-0.1, -0.05) is 6.92 Å². The highest BCUT2D eigenvalue weighted by Gasteiger charge is 2.22. The van der Waals surface area contributed by atoms with E-state index in [0.29, 0.717) is 12.3 Å². The number of sulfonamides is 1. The van der Waals surface area contributed by atoms with Gasteiger partial charge < -0.3 is 10.5 Å². The van der Waals surface area contributed by atoms with Gasteiger partial charge in [-0.2, -0.15) is 0 Å². The number of anilines is 1. The number of likely N-dealkylation sites (N-methyl/N-ethyl adjacent to an activating group) is 1. The van der Waals surface area contributed by atoms with Gasteiger partial charge in [-0.05, 0) is 37.2 Å². The Morgan fingerprint density at radius 2 is 2.19 bits per heavy atom. The van der Waals surface area contributed by atoms with Crippen LogP contribution in [0.3, 0.4) is 0 Å². The molecule has 21 heavy (non-hydrogen) atoms. The number of morpholine rings is 1. The van der Waals surface area contributed by atoms with Crippen molar-refractivity contribution >= 4 is 15.7 Å². The fourth-order valence-electron chi connectivity index (χ4n) is 2.41. The molecule has 6 nitrogen and oxygen atoms in total. The summed E-state index contributed by atoms with van der Waals surface area (Å²) in [6, 6.07) is 4.82. The van der Waals surface area contributed by atoms with Gasteiger partial charge in [0.05, 0.1) is 17.6 Å². The molecule has 1 aliphatic rings. The molecule has 0 radical (unpaired) electrons. The Balaban J connectivity index is 2.01. The summed E-state index contributed by atoms with van der Waals surface area (Å²) < 4.78 is 32.8. The molecule has 1 atom stereocenters. The highest BCUT2D eigenvalue weighted by Crippen LogP contribution is 2.16. The maximum Gasteiger partial charge on any atom is 0.240 e. The van der Waals surface area contributed by atoms with Crippen molar-refractivity contribution < 1.29 is 13.2 Å². The molecule has 2 rings (SSSR count). The Kier molecular flexibility index (Phi) is 5.21. The molecule has 1 aromatic rings. The largest absolute Gasteiger partial charge is 0.399 e. The Bertz CT molecular complexity index is 569. The van der Waals surface area contributed by atoms with E-state index < -0.39 is 10.0 Å². The third kappa shape index (κ3) is 4.41. The molecule has 0 saturated carbocycles. The molecule has 0 spiro atoms. The highest BCUT2D eigenvalue weighted by atomic mass is 32.2. The van der Waals surface area contributed by atoms with Crippen LogP contribution in [0.25, 0.3) is 0 Å². The second-order valence-corrected chi connectivity index (χ2v) is 7.08. The summed E-state index contributed by atoms with van der Waals surface area (Å²) >= 11 is 0. The van der Waals surface area contributed by atoms with Crippen molar-refractivity contribution in [2.45, 2.75) is 24.8 Å². The fraction of sp³-hybridized carbons (Fsp3) is 0.571. The summed E-state index contributed by atoms with van der Waals surface area (Å²) in [5, 5.41) is 0. The first-order valence-corrected chi connectivity index (χ1v) is 8.60. The number of nitrogen functional groups attached to an aromatic ring is 1. The molecule has 7 heteroatoms. The summed E-state index contributed by atoms with van der Waals surface area (Å²) in [6.45, 7) is 7.40. The van der Waals surface area contributed by atoms with Crippen molar-refractivity contribution in [1.29, 1.82) is 0 Å². The first kappa shape index (κ1) is 16.2. The van der Waals surface area contributed by atoms with Gasteiger partial charge in [0.25, 0.3) is 0 Å². The minimum absolute atomic E-state index is 0.115. The number of hydrogen-bond acceptors (Lipinski definition) is 5. The average molecular weight is 313 g/mol. The molecule has 1 unspecified atom stereocenters. The standard InChI is InChI=1S/C14H23N3O3S/c1-3-17-4-5-20-13(10-17)9-16-21(18,19)14-7-11(2)6-12(15)8-14/h6-8,13,16H,3-5,9-10,15H2,1-2H3. The van der Waals surface area contributed by atoms with E-state index in [1.807, 2.05) is 6.92 Å². The van der Waals surface area contributed by atoms with Crippen molar-refractivity contribution in [2.24, 2.45) is 0 Å². The number of benzene rings is 1. The van der Waals surface area contributed by atoms with Crippen LogP contribution in [0.2, 0.25) is 0 Å². The molecular formula is C14H23N3O3S. The van der Waals surface area contributed by atoms with Gasteiger partial charge in [-0.3, -0.25) is 4.90 Å². The maximum atomic E-state index is 12.3. The van der Waals surface area contributed by atoms with E-state index in [4.69, 9.17) is 10.5 Å². The van der Waals surface area contributed by atoms with Gasteiger partial charge in [-0.15, -0.1) is 0 Å². The van der Waals surface area contributed by atoms with Crippen LogP contribution in [0, 0.1) is 6.92 Å². The summed E-state index contributed by atoms with van der Waals surface area (Å²) in [5.74, 6) is 0. The van der Waals surface area contributed by atoms with Gasteiger partial charge in [0.2, 0.25) is 10.0 Å². The molecule has 1 saturated heterocycles. The van der Waals surface area contributed by atoms with Gasteiger partial charge in [0.15, 0.2) is 0 Å². The molecule has 0 amide bonds. The predicted octanol–water partition coefficient (Wildman–Crippen LogP) is 0.576. The van der Waals surface area contributed by atoms with Crippen LogP contribution in [0.1, 0.15) is 12.5 Å². The van der Waals surface area contributed by atoms with Crippen molar-refractivity contribution in [1.82, 2.24) is 9.62 Å². The van der Waals surface area contributed by atoms with Gasteiger partial charge >= 0.3 is 0 Å². The normalized spacial score (nSPS) is 20.6. The van der Waals surface area contributed by atoms with E-state index in [-0.39, 0.29) is 17.5 Å². The molecule has 1 heterocycles. The molecule has 1 fully saturated rings. The van der Waals surface area contributed by atoms with Crippen molar-refractivity contribution in [2.75, 3.05) is 38.5 Å². The Hall–Kier alpha value is -1.15. The number of ether oxygens (including phenoxy) is 1. The SMILES string of the molecule is CCN1CCOC(CNS(=O)(=O)c2cc(C)cc(N)c2)C1. The minimum Gasteiger partial charge on any atom is -0.399 e. The monoisotopic (exact) mass is 313 g/mol. The van der Waals surface area contributed by atoms with Gasteiger partial charge in [0, 0.05) is 25.3 Å². The summed E-state index contributed by atoms with van der Waals surface area (Å²) in [6.07, 6.45) is -0.115. The van der Waals surface area contributed by atoms with Crippen molar-refractivity contribution in [3.05, 3.63) is 23.8 Å². The molecule has 0 bridgehead atoms. The lowest BCUT2D eigenvalue weighted by Crippen LogP contribution is -2.47. The number of nitrogens with one attached hydrogen (secondary N) is 1. The molecule has 1 aliphatic heterocycles.